The summed E-state index contributed by atoms with van der Waals surface area (Å²) in [4.78, 5) is 4.26. The van der Waals surface area contributed by atoms with Crippen molar-refractivity contribution in [3.05, 3.63) is 59.1 Å². The van der Waals surface area contributed by atoms with Gasteiger partial charge in [0.25, 0.3) is 0 Å². The number of benzene rings is 2. The number of nitrogens with one attached hydrogen (secondary N) is 1. The van der Waals surface area contributed by atoms with E-state index in [0.29, 0.717) is 12.1 Å². The number of rotatable bonds is 4. The topological polar surface area (TPSA) is 83.5 Å². The van der Waals surface area contributed by atoms with Gasteiger partial charge in [0, 0.05) is 17.8 Å². The highest BCUT2D eigenvalue weighted by atomic mass is 32.1. The summed E-state index contributed by atoms with van der Waals surface area (Å²) in [6.45, 7) is 0.664. The molecule has 0 saturated heterocycles. The Morgan fingerprint density at radius 2 is 2.19 bits per heavy atom. The number of aromatic nitrogens is 1. The third kappa shape index (κ3) is 2.95. The summed E-state index contributed by atoms with van der Waals surface area (Å²) < 4.78 is 1.16. The summed E-state index contributed by atoms with van der Waals surface area (Å²) in [6.07, 6.45) is 0. The van der Waals surface area contributed by atoms with E-state index in [-0.39, 0.29) is 5.84 Å². The zero-order valence-corrected chi connectivity index (χ0v) is 12.0. The third-order valence-corrected chi connectivity index (χ3v) is 3.95. The Hall–Kier alpha value is -2.60. The highest BCUT2D eigenvalue weighted by molar-refractivity contribution is 7.16. The Morgan fingerprint density at radius 3 is 3.05 bits per heavy atom. The molecule has 3 aromatic rings. The van der Waals surface area contributed by atoms with Crippen molar-refractivity contribution in [3.8, 4) is 0 Å². The molecule has 6 heteroatoms. The first-order valence-electron chi connectivity index (χ1n) is 6.40. The van der Waals surface area contributed by atoms with Gasteiger partial charge < -0.3 is 16.3 Å². The van der Waals surface area contributed by atoms with Crippen LogP contribution in [0.5, 0.6) is 0 Å². The molecular formula is C15H14N4OS. The smallest absolute Gasteiger partial charge is 0.170 e. The van der Waals surface area contributed by atoms with Crippen molar-refractivity contribution in [3.63, 3.8) is 0 Å². The summed E-state index contributed by atoms with van der Waals surface area (Å²) in [5, 5.41) is 15.1. The van der Waals surface area contributed by atoms with Crippen LogP contribution in [-0.4, -0.2) is 16.0 Å². The lowest BCUT2D eigenvalue weighted by Gasteiger charge is -2.08. The molecule has 0 spiro atoms. The molecule has 4 N–H and O–H groups in total. The van der Waals surface area contributed by atoms with Gasteiger partial charge in [-0.25, -0.2) is 4.98 Å². The van der Waals surface area contributed by atoms with Gasteiger partial charge in [-0.15, -0.1) is 11.3 Å². The van der Waals surface area contributed by atoms with Crippen LogP contribution in [0.3, 0.4) is 0 Å². The van der Waals surface area contributed by atoms with Crippen LogP contribution in [0.1, 0.15) is 11.1 Å². The minimum atomic E-state index is 0.114. The molecule has 0 amide bonds. The molecule has 21 heavy (non-hydrogen) atoms. The fourth-order valence-electron chi connectivity index (χ4n) is 2.07. The second kappa shape index (κ2) is 5.80. The van der Waals surface area contributed by atoms with Crippen LogP contribution < -0.4 is 11.1 Å². The summed E-state index contributed by atoms with van der Waals surface area (Å²) in [5.41, 5.74) is 11.3. The van der Waals surface area contributed by atoms with E-state index >= 15 is 0 Å². The van der Waals surface area contributed by atoms with E-state index in [9.17, 15) is 0 Å². The Labute approximate surface area is 125 Å². The van der Waals surface area contributed by atoms with Crippen molar-refractivity contribution >= 4 is 33.1 Å². The first-order valence-corrected chi connectivity index (χ1v) is 7.28. The molecule has 0 fully saturated rings. The summed E-state index contributed by atoms with van der Waals surface area (Å²) in [5.74, 6) is 0.114. The summed E-state index contributed by atoms with van der Waals surface area (Å²) >= 11 is 1.62. The predicted octanol–water partition coefficient (Wildman–Crippen LogP) is 3.00. The van der Waals surface area contributed by atoms with Gasteiger partial charge in [0.15, 0.2) is 5.84 Å². The van der Waals surface area contributed by atoms with E-state index < -0.39 is 0 Å². The second-order valence-corrected chi connectivity index (χ2v) is 5.46. The molecular weight excluding hydrogens is 284 g/mol. The average molecular weight is 298 g/mol. The maximum absolute atomic E-state index is 8.71. The van der Waals surface area contributed by atoms with E-state index in [1.54, 1.807) is 11.3 Å². The number of nitrogens with two attached hydrogens (primary N) is 1. The van der Waals surface area contributed by atoms with Crippen LogP contribution in [0.15, 0.2) is 53.1 Å². The molecule has 106 valence electrons. The molecule has 0 aliphatic carbocycles. The van der Waals surface area contributed by atoms with Crippen molar-refractivity contribution in [1.29, 1.82) is 0 Å². The molecule has 0 unspecified atom stereocenters. The number of thiazole rings is 1. The molecule has 0 saturated carbocycles. The zero-order chi connectivity index (χ0) is 14.7. The standard InChI is InChI=1S/C15H14N4OS/c16-15(19-20)11-3-1-2-10(6-11)8-17-12-4-5-13-14(7-12)21-9-18-13/h1-7,9,17,20H,8H2,(H2,16,19). The van der Waals surface area contributed by atoms with Crippen LogP contribution in [0, 0.1) is 0 Å². The number of anilines is 1. The first-order chi connectivity index (χ1) is 10.3. The zero-order valence-electron chi connectivity index (χ0n) is 11.2. The minimum absolute atomic E-state index is 0.114. The van der Waals surface area contributed by atoms with Crippen LogP contribution in [0.2, 0.25) is 0 Å². The molecule has 5 nitrogen and oxygen atoms in total. The van der Waals surface area contributed by atoms with Gasteiger partial charge in [0.2, 0.25) is 0 Å². The molecule has 2 aromatic carbocycles. The Bertz CT molecular complexity index is 797. The molecule has 0 bridgehead atoms. The van der Waals surface area contributed by atoms with Crippen LogP contribution >= 0.6 is 11.3 Å². The first kappa shape index (κ1) is 13.4. The summed E-state index contributed by atoms with van der Waals surface area (Å²) in [7, 11) is 0. The molecule has 1 aromatic heterocycles. The predicted molar refractivity (Wildman–Crippen MR) is 85.9 cm³/mol. The van der Waals surface area contributed by atoms with E-state index in [1.807, 2.05) is 41.9 Å². The van der Waals surface area contributed by atoms with E-state index in [1.165, 1.54) is 0 Å². The van der Waals surface area contributed by atoms with Gasteiger partial charge in [-0.1, -0.05) is 23.4 Å². The number of nitrogens with zero attached hydrogens (tertiary/aromatic N) is 2. The largest absolute Gasteiger partial charge is 0.409 e. The molecule has 1 heterocycles. The van der Waals surface area contributed by atoms with Gasteiger partial charge >= 0.3 is 0 Å². The number of oxime groups is 1. The Kier molecular flexibility index (Phi) is 3.70. The molecule has 0 aliphatic heterocycles. The van der Waals surface area contributed by atoms with Crippen LogP contribution in [0.4, 0.5) is 5.69 Å². The average Bonchev–Trinajstić information content (AvgIpc) is 3.00. The van der Waals surface area contributed by atoms with Crippen LogP contribution in [-0.2, 0) is 6.54 Å². The Morgan fingerprint density at radius 1 is 1.29 bits per heavy atom. The summed E-state index contributed by atoms with van der Waals surface area (Å²) in [6, 6.07) is 13.7. The third-order valence-electron chi connectivity index (χ3n) is 3.16. The SMILES string of the molecule is N/C(=N/O)c1cccc(CNc2ccc3ncsc3c2)c1. The minimum Gasteiger partial charge on any atom is -0.409 e. The Balaban J connectivity index is 1.75. The van der Waals surface area contributed by atoms with Crippen molar-refractivity contribution in [2.75, 3.05) is 5.32 Å². The van der Waals surface area contributed by atoms with Gasteiger partial charge in [0.1, 0.15) is 0 Å². The lowest BCUT2D eigenvalue weighted by Crippen LogP contribution is -2.13. The molecule has 0 atom stereocenters. The highest BCUT2D eigenvalue weighted by Gasteiger charge is 2.02. The van der Waals surface area contributed by atoms with Gasteiger partial charge in [-0.05, 0) is 29.8 Å². The van der Waals surface area contributed by atoms with Crippen molar-refractivity contribution < 1.29 is 5.21 Å². The highest BCUT2D eigenvalue weighted by Crippen LogP contribution is 2.22. The second-order valence-electron chi connectivity index (χ2n) is 4.57. The van der Waals surface area contributed by atoms with Gasteiger partial charge in [-0.2, -0.15) is 0 Å². The fraction of sp³-hybridized carbons (Fsp3) is 0.0667. The van der Waals surface area contributed by atoms with Crippen molar-refractivity contribution in [1.82, 2.24) is 4.98 Å². The number of hydrogen-bond donors (Lipinski definition) is 3. The van der Waals surface area contributed by atoms with E-state index in [0.717, 1.165) is 21.5 Å². The maximum atomic E-state index is 8.71. The van der Waals surface area contributed by atoms with Gasteiger partial charge in [-0.3, -0.25) is 0 Å². The monoisotopic (exact) mass is 298 g/mol. The lowest BCUT2D eigenvalue weighted by molar-refractivity contribution is 0.318. The number of hydrogen-bond acceptors (Lipinski definition) is 5. The van der Waals surface area contributed by atoms with Crippen molar-refractivity contribution in [2.24, 2.45) is 10.9 Å². The lowest BCUT2D eigenvalue weighted by atomic mass is 10.1. The molecule has 3 rings (SSSR count). The van der Waals surface area contributed by atoms with E-state index in [2.05, 4.69) is 21.5 Å². The van der Waals surface area contributed by atoms with Gasteiger partial charge in [0.05, 0.1) is 15.7 Å². The molecule has 0 radical (unpaired) electrons. The number of fused-ring (bicyclic) bond motifs is 1. The van der Waals surface area contributed by atoms with Crippen molar-refractivity contribution in [2.45, 2.75) is 6.54 Å². The van der Waals surface area contributed by atoms with Crippen LogP contribution in [0.25, 0.3) is 10.2 Å². The quantitative estimate of drug-likeness (QED) is 0.299. The maximum Gasteiger partial charge on any atom is 0.170 e. The normalized spacial score (nSPS) is 11.7. The van der Waals surface area contributed by atoms with E-state index in [4.69, 9.17) is 10.9 Å². The molecule has 0 aliphatic rings. The fourth-order valence-corrected chi connectivity index (χ4v) is 2.78. The number of amidine groups is 1.